The Labute approximate surface area is 301 Å². The highest BCUT2D eigenvalue weighted by molar-refractivity contribution is 6.36. The molecule has 2 amide bonds. The molecule has 11 heteroatoms. The smallest absolute Gasteiger partial charge is 0.262 e. The molecule has 0 aliphatic carbocycles. The topological polar surface area (TPSA) is 117 Å². The van der Waals surface area contributed by atoms with Gasteiger partial charge in [-0.05, 0) is 72.8 Å². The number of aromatic nitrogens is 2. The molecule has 3 N–H and O–H groups in total. The number of carbonyl (C=O) groups excluding carboxylic acids is 2. The van der Waals surface area contributed by atoms with E-state index in [1.54, 1.807) is 23.9 Å². The number of benzene rings is 3. The fourth-order valence-electron chi connectivity index (χ4n) is 7.17. The van der Waals surface area contributed by atoms with Crippen molar-refractivity contribution in [2.75, 3.05) is 20.7 Å². The summed E-state index contributed by atoms with van der Waals surface area (Å²) in [6, 6.07) is 22.3. The SMILES string of the molecule is COc1cc(-c2cccc(-c3cccc(-c4ccn5c(=O)c(CNC[C@@H]6CCC(=O)N6)cnc5c4)c3C)c2Cl)ccc1CN(C)[C@H]1CCC(=O)N1. The number of hydrogen-bond acceptors (Lipinski definition) is 7. The molecule has 262 valence electrons. The summed E-state index contributed by atoms with van der Waals surface area (Å²) in [5.74, 6) is 0.917. The molecule has 7 rings (SSSR count). The van der Waals surface area contributed by atoms with Gasteiger partial charge in [0, 0.05) is 73.2 Å². The summed E-state index contributed by atoms with van der Waals surface area (Å²) >= 11 is 7.20. The minimum absolute atomic E-state index is 0.0145. The van der Waals surface area contributed by atoms with E-state index in [1.807, 2.05) is 49.5 Å². The van der Waals surface area contributed by atoms with Crippen LogP contribution in [0.25, 0.3) is 39.0 Å². The highest BCUT2D eigenvalue weighted by Gasteiger charge is 2.25. The van der Waals surface area contributed by atoms with Crippen LogP contribution in [-0.4, -0.2) is 59.0 Å². The number of nitrogens with one attached hydrogen (secondary N) is 3. The second-order valence-electron chi connectivity index (χ2n) is 13.4. The summed E-state index contributed by atoms with van der Waals surface area (Å²) < 4.78 is 7.39. The Balaban J connectivity index is 1.13. The van der Waals surface area contributed by atoms with E-state index in [0.717, 1.165) is 63.1 Å². The Bertz CT molecular complexity index is 2200. The molecule has 2 aromatic heterocycles. The number of pyridine rings is 1. The molecule has 0 spiro atoms. The average Bonchev–Trinajstić information content (AvgIpc) is 3.77. The zero-order valence-corrected chi connectivity index (χ0v) is 29.7. The van der Waals surface area contributed by atoms with Gasteiger partial charge in [-0.25, -0.2) is 4.98 Å². The van der Waals surface area contributed by atoms with Gasteiger partial charge in [0.1, 0.15) is 11.4 Å². The lowest BCUT2D eigenvalue weighted by Crippen LogP contribution is -2.40. The molecule has 4 heterocycles. The number of rotatable bonds is 11. The van der Waals surface area contributed by atoms with Crippen LogP contribution in [0.1, 0.15) is 42.4 Å². The second kappa shape index (κ2) is 14.7. The first-order valence-corrected chi connectivity index (χ1v) is 17.6. The van der Waals surface area contributed by atoms with Crippen LogP contribution in [0.4, 0.5) is 0 Å². The van der Waals surface area contributed by atoms with Crippen molar-refractivity contribution in [2.24, 2.45) is 0 Å². The van der Waals surface area contributed by atoms with Crippen LogP contribution in [0.2, 0.25) is 5.02 Å². The van der Waals surface area contributed by atoms with E-state index in [1.165, 1.54) is 0 Å². The summed E-state index contributed by atoms with van der Waals surface area (Å²) in [5.41, 5.74) is 8.80. The first-order chi connectivity index (χ1) is 24.7. The maximum absolute atomic E-state index is 13.3. The molecule has 0 bridgehead atoms. The lowest BCUT2D eigenvalue weighted by Gasteiger charge is -2.25. The maximum Gasteiger partial charge on any atom is 0.262 e. The lowest BCUT2D eigenvalue weighted by molar-refractivity contribution is -0.120. The number of amides is 2. The van der Waals surface area contributed by atoms with Crippen molar-refractivity contribution in [3.63, 3.8) is 0 Å². The molecule has 2 fully saturated rings. The number of carbonyl (C=O) groups is 2. The van der Waals surface area contributed by atoms with Crippen molar-refractivity contribution in [1.29, 1.82) is 0 Å². The van der Waals surface area contributed by atoms with E-state index in [0.29, 0.717) is 48.7 Å². The average molecular weight is 705 g/mol. The highest BCUT2D eigenvalue weighted by Crippen LogP contribution is 2.41. The molecule has 2 aliphatic rings. The Morgan fingerprint density at radius 1 is 0.902 bits per heavy atom. The number of fused-ring (bicyclic) bond motifs is 1. The van der Waals surface area contributed by atoms with Gasteiger partial charge in [0.25, 0.3) is 5.56 Å². The molecule has 2 aliphatic heterocycles. The lowest BCUT2D eigenvalue weighted by atomic mass is 9.91. The van der Waals surface area contributed by atoms with Crippen LogP contribution in [0, 0.1) is 6.92 Å². The van der Waals surface area contributed by atoms with E-state index in [9.17, 15) is 14.4 Å². The zero-order chi connectivity index (χ0) is 35.6. The van der Waals surface area contributed by atoms with Gasteiger partial charge in [0.2, 0.25) is 11.8 Å². The van der Waals surface area contributed by atoms with E-state index in [-0.39, 0.29) is 29.6 Å². The summed E-state index contributed by atoms with van der Waals surface area (Å²) in [4.78, 5) is 43.3. The minimum atomic E-state index is -0.123. The number of hydrogen-bond donors (Lipinski definition) is 3. The van der Waals surface area contributed by atoms with Crippen molar-refractivity contribution in [3.05, 3.63) is 111 Å². The van der Waals surface area contributed by atoms with E-state index in [4.69, 9.17) is 16.3 Å². The first-order valence-electron chi connectivity index (χ1n) is 17.3. The molecule has 0 radical (unpaired) electrons. The number of halogens is 1. The van der Waals surface area contributed by atoms with E-state index < -0.39 is 0 Å². The number of nitrogens with zero attached hydrogens (tertiary/aromatic N) is 3. The zero-order valence-electron chi connectivity index (χ0n) is 29.0. The van der Waals surface area contributed by atoms with Crippen LogP contribution < -0.4 is 26.2 Å². The molecule has 0 unspecified atom stereocenters. The molecular weight excluding hydrogens is 664 g/mol. The normalized spacial score (nSPS) is 17.3. The quantitative estimate of drug-likeness (QED) is 0.162. The third-order valence-electron chi connectivity index (χ3n) is 10.0. The Morgan fingerprint density at radius 2 is 1.63 bits per heavy atom. The predicted octanol–water partition coefficient (Wildman–Crippen LogP) is 5.70. The van der Waals surface area contributed by atoms with Crippen molar-refractivity contribution < 1.29 is 14.3 Å². The number of ether oxygens (including phenoxy) is 1. The predicted molar refractivity (Wildman–Crippen MR) is 200 cm³/mol. The molecule has 5 aromatic rings. The summed E-state index contributed by atoms with van der Waals surface area (Å²) in [7, 11) is 3.68. The monoisotopic (exact) mass is 704 g/mol. The van der Waals surface area contributed by atoms with Crippen LogP contribution in [0.5, 0.6) is 5.75 Å². The maximum atomic E-state index is 13.3. The Kier molecular flexibility index (Phi) is 9.90. The van der Waals surface area contributed by atoms with Crippen molar-refractivity contribution in [2.45, 2.75) is 57.9 Å². The highest BCUT2D eigenvalue weighted by atomic mass is 35.5. The first kappa shape index (κ1) is 34.4. The summed E-state index contributed by atoms with van der Waals surface area (Å²) in [6.07, 6.45) is 6.11. The second-order valence-corrected chi connectivity index (χ2v) is 13.8. The molecule has 10 nitrogen and oxygen atoms in total. The van der Waals surface area contributed by atoms with E-state index in [2.05, 4.69) is 57.0 Å². The molecule has 3 aromatic carbocycles. The van der Waals surface area contributed by atoms with Gasteiger partial charge in [0.05, 0.1) is 18.3 Å². The molecule has 2 atom stereocenters. The third kappa shape index (κ3) is 7.12. The van der Waals surface area contributed by atoms with Gasteiger partial charge in [-0.3, -0.25) is 23.7 Å². The number of methoxy groups -OCH3 is 1. The molecular formula is C40H41ClN6O4. The molecule has 0 saturated carbocycles. The molecule has 2 saturated heterocycles. The van der Waals surface area contributed by atoms with Gasteiger partial charge in [0.15, 0.2) is 0 Å². The summed E-state index contributed by atoms with van der Waals surface area (Å²) in [6.45, 7) is 3.70. The Morgan fingerprint density at radius 3 is 2.37 bits per heavy atom. The van der Waals surface area contributed by atoms with Crippen molar-refractivity contribution >= 4 is 29.1 Å². The van der Waals surface area contributed by atoms with Gasteiger partial charge in [-0.15, -0.1) is 0 Å². The van der Waals surface area contributed by atoms with Crippen LogP contribution in [-0.2, 0) is 22.7 Å². The fraction of sp³-hybridized carbons (Fsp3) is 0.300. The van der Waals surface area contributed by atoms with Crippen LogP contribution in [0.15, 0.2) is 83.9 Å². The van der Waals surface area contributed by atoms with Crippen LogP contribution in [0.3, 0.4) is 0 Å². The summed E-state index contributed by atoms with van der Waals surface area (Å²) in [5, 5.41) is 9.88. The standard InChI is InChI=1S/C40H41ClN6O4/c1-24-30(26-16-17-47-36(19-26)43-21-28(40(47)50)20-42-22-29-12-14-37(48)44-29)6-4-7-31(24)33-9-5-8-32(39(33)41)25-10-11-27(34(18-25)51-3)23-46(2)35-13-15-38(49)45-35/h4-11,16-19,21,29,35,42H,12-15,20,22-23H2,1-3H3,(H,44,48)(H,45,49)/t29-,35-/m0/s1. The molecule has 51 heavy (non-hydrogen) atoms. The van der Waals surface area contributed by atoms with Crippen molar-refractivity contribution in [3.8, 4) is 39.1 Å². The largest absolute Gasteiger partial charge is 0.496 e. The fourth-order valence-corrected chi connectivity index (χ4v) is 7.50. The van der Waals surface area contributed by atoms with Gasteiger partial charge in [-0.1, -0.05) is 60.1 Å². The third-order valence-corrected chi connectivity index (χ3v) is 10.4. The van der Waals surface area contributed by atoms with Gasteiger partial charge >= 0.3 is 0 Å². The van der Waals surface area contributed by atoms with Crippen LogP contribution >= 0.6 is 11.6 Å². The van der Waals surface area contributed by atoms with Gasteiger partial charge < -0.3 is 20.7 Å². The Hall–Kier alpha value is -5.03. The minimum Gasteiger partial charge on any atom is -0.496 e. The van der Waals surface area contributed by atoms with E-state index >= 15 is 0 Å². The van der Waals surface area contributed by atoms with Crippen molar-refractivity contribution in [1.82, 2.24) is 30.2 Å². The van der Waals surface area contributed by atoms with Gasteiger partial charge in [-0.2, -0.15) is 0 Å².